The van der Waals surface area contributed by atoms with Crippen molar-refractivity contribution in [1.29, 1.82) is 0 Å². The van der Waals surface area contributed by atoms with E-state index < -0.39 is 18.0 Å². The summed E-state index contributed by atoms with van der Waals surface area (Å²) in [6.45, 7) is 1.41. The Bertz CT molecular complexity index is 155. The summed E-state index contributed by atoms with van der Waals surface area (Å²) in [6, 6.07) is 0. The second-order valence-corrected chi connectivity index (χ2v) is 2.09. The van der Waals surface area contributed by atoms with Crippen molar-refractivity contribution in [2.45, 2.75) is 19.4 Å². The quantitative estimate of drug-likeness (QED) is 0.549. The zero-order valence-corrected chi connectivity index (χ0v) is 5.74. The minimum atomic E-state index is -1.05. The molecule has 0 aromatic rings. The van der Waals surface area contributed by atoms with Gasteiger partial charge in [-0.25, -0.2) is 0 Å². The SMILES string of the molecule is C#CC[C@@H](C(=O)O)[C@@H](C)O. The zero-order valence-electron chi connectivity index (χ0n) is 5.74. The van der Waals surface area contributed by atoms with E-state index in [9.17, 15) is 4.79 Å². The molecule has 0 unspecified atom stereocenters. The number of aliphatic carboxylic acids is 1. The van der Waals surface area contributed by atoms with Crippen molar-refractivity contribution in [2.24, 2.45) is 5.92 Å². The Labute approximate surface area is 59.7 Å². The number of carbonyl (C=O) groups is 1. The Morgan fingerprint density at radius 3 is 2.40 bits per heavy atom. The second-order valence-electron chi connectivity index (χ2n) is 2.09. The fourth-order valence-electron chi connectivity index (χ4n) is 0.591. The number of aliphatic hydroxyl groups is 1. The van der Waals surface area contributed by atoms with Gasteiger partial charge in [-0.2, -0.15) is 0 Å². The minimum absolute atomic E-state index is 0.0764. The van der Waals surface area contributed by atoms with Gasteiger partial charge in [0.2, 0.25) is 0 Å². The van der Waals surface area contributed by atoms with Crippen molar-refractivity contribution in [2.75, 3.05) is 0 Å². The number of terminal acetylenes is 1. The third-order valence-electron chi connectivity index (χ3n) is 1.24. The standard InChI is InChI=1S/C7H10O3/c1-3-4-6(5(2)8)7(9)10/h1,5-6,8H,4H2,2H3,(H,9,10)/t5-,6-/m1/s1. The number of carboxylic acids is 1. The molecular formula is C7H10O3. The van der Waals surface area contributed by atoms with Gasteiger partial charge < -0.3 is 10.2 Å². The van der Waals surface area contributed by atoms with Crippen LogP contribution < -0.4 is 0 Å². The molecule has 0 aliphatic rings. The van der Waals surface area contributed by atoms with Crippen LogP contribution in [0.15, 0.2) is 0 Å². The first-order valence-electron chi connectivity index (χ1n) is 2.94. The van der Waals surface area contributed by atoms with Crippen LogP contribution in [0.25, 0.3) is 0 Å². The lowest BCUT2D eigenvalue weighted by molar-refractivity contribution is -0.144. The lowest BCUT2D eigenvalue weighted by Crippen LogP contribution is -2.24. The molecular weight excluding hydrogens is 132 g/mol. The summed E-state index contributed by atoms with van der Waals surface area (Å²) in [6.07, 6.45) is 4.08. The van der Waals surface area contributed by atoms with Crippen LogP contribution in [0.2, 0.25) is 0 Å². The van der Waals surface area contributed by atoms with Crippen molar-refractivity contribution in [1.82, 2.24) is 0 Å². The third-order valence-corrected chi connectivity index (χ3v) is 1.24. The number of rotatable bonds is 3. The van der Waals surface area contributed by atoms with E-state index in [1.165, 1.54) is 6.92 Å². The van der Waals surface area contributed by atoms with Crippen LogP contribution in [-0.4, -0.2) is 22.3 Å². The van der Waals surface area contributed by atoms with Gasteiger partial charge in [-0.3, -0.25) is 4.79 Å². The Hall–Kier alpha value is -1.01. The van der Waals surface area contributed by atoms with Crippen LogP contribution in [0.1, 0.15) is 13.3 Å². The average molecular weight is 142 g/mol. The van der Waals surface area contributed by atoms with Crippen molar-refractivity contribution < 1.29 is 15.0 Å². The molecule has 0 fully saturated rings. The molecule has 3 heteroatoms. The van der Waals surface area contributed by atoms with Crippen LogP contribution in [0, 0.1) is 18.3 Å². The van der Waals surface area contributed by atoms with Crippen molar-refractivity contribution in [3.8, 4) is 12.3 Å². The van der Waals surface area contributed by atoms with Gasteiger partial charge >= 0.3 is 5.97 Å². The highest BCUT2D eigenvalue weighted by atomic mass is 16.4. The van der Waals surface area contributed by atoms with E-state index in [1.807, 2.05) is 0 Å². The maximum absolute atomic E-state index is 10.3. The Morgan fingerprint density at radius 1 is 1.80 bits per heavy atom. The summed E-state index contributed by atoms with van der Waals surface area (Å²) < 4.78 is 0. The fourth-order valence-corrected chi connectivity index (χ4v) is 0.591. The lowest BCUT2D eigenvalue weighted by atomic mass is 10.0. The summed E-state index contributed by atoms with van der Waals surface area (Å²) in [7, 11) is 0. The van der Waals surface area contributed by atoms with E-state index in [2.05, 4.69) is 5.92 Å². The molecule has 0 aromatic carbocycles. The molecule has 0 radical (unpaired) electrons. The van der Waals surface area contributed by atoms with E-state index >= 15 is 0 Å². The molecule has 0 aliphatic heterocycles. The normalized spacial score (nSPS) is 15.3. The molecule has 0 spiro atoms. The molecule has 0 amide bonds. The first-order valence-corrected chi connectivity index (χ1v) is 2.94. The summed E-state index contributed by atoms with van der Waals surface area (Å²) in [4.78, 5) is 10.3. The van der Waals surface area contributed by atoms with Gasteiger partial charge in [0.15, 0.2) is 0 Å². The molecule has 10 heavy (non-hydrogen) atoms. The summed E-state index contributed by atoms with van der Waals surface area (Å²) >= 11 is 0. The first kappa shape index (κ1) is 8.99. The van der Waals surface area contributed by atoms with Gasteiger partial charge in [0, 0.05) is 6.42 Å². The third kappa shape index (κ3) is 2.51. The van der Waals surface area contributed by atoms with E-state index in [0.29, 0.717) is 0 Å². The molecule has 3 nitrogen and oxygen atoms in total. The number of carboxylic acid groups (broad SMARTS) is 1. The molecule has 0 aromatic heterocycles. The highest BCUT2D eigenvalue weighted by Crippen LogP contribution is 2.07. The van der Waals surface area contributed by atoms with Gasteiger partial charge in [0.1, 0.15) is 0 Å². The molecule has 0 rings (SSSR count). The topological polar surface area (TPSA) is 57.5 Å². The number of hydrogen-bond acceptors (Lipinski definition) is 2. The van der Waals surface area contributed by atoms with Crippen molar-refractivity contribution in [3.05, 3.63) is 0 Å². The van der Waals surface area contributed by atoms with E-state index in [1.54, 1.807) is 0 Å². The van der Waals surface area contributed by atoms with Crippen LogP contribution in [0.3, 0.4) is 0 Å². The maximum Gasteiger partial charge on any atom is 0.310 e. The minimum Gasteiger partial charge on any atom is -0.481 e. The van der Waals surface area contributed by atoms with E-state index in [4.69, 9.17) is 16.6 Å². The van der Waals surface area contributed by atoms with Gasteiger partial charge in [0.05, 0.1) is 12.0 Å². The predicted molar refractivity (Wildman–Crippen MR) is 36.3 cm³/mol. The van der Waals surface area contributed by atoms with Crippen molar-refractivity contribution in [3.63, 3.8) is 0 Å². The van der Waals surface area contributed by atoms with E-state index in [0.717, 1.165) is 0 Å². The number of aliphatic hydroxyl groups excluding tert-OH is 1. The van der Waals surface area contributed by atoms with Crippen LogP contribution in [0.5, 0.6) is 0 Å². The van der Waals surface area contributed by atoms with Crippen LogP contribution >= 0.6 is 0 Å². The largest absolute Gasteiger partial charge is 0.481 e. The molecule has 0 saturated carbocycles. The van der Waals surface area contributed by atoms with Crippen molar-refractivity contribution >= 4 is 5.97 Å². The highest BCUT2D eigenvalue weighted by Gasteiger charge is 2.21. The number of hydrogen-bond donors (Lipinski definition) is 2. The first-order chi connectivity index (χ1) is 4.59. The Morgan fingerprint density at radius 2 is 2.30 bits per heavy atom. The average Bonchev–Trinajstić information content (AvgIpc) is 1.81. The summed E-state index contributed by atoms with van der Waals surface area (Å²) in [5.74, 6) is 0.313. The van der Waals surface area contributed by atoms with E-state index in [-0.39, 0.29) is 6.42 Å². The zero-order chi connectivity index (χ0) is 8.15. The summed E-state index contributed by atoms with van der Waals surface area (Å²) in [5, 5.41) is 17.3. The molecule has 0 bridgehead atoms. The maximum atomic E-state index is 10.3. The molecule has 2 N–H and O–H groups in total. The monoisotopic (exact) mass is 142 g/mol. The van der Waals surface area contributed by atoms with Crippen LogP contribution in [0.4, 0.5) is 0 Å². The van der Waals surface area contributed by atoms with Gasteiger partial charge in [0.25, 0.3) is 0 Å². The Balaban J connectivity index is 4.01. The molecule has 56 valence electrons. The second kappa shape index (κ2) is 3.91. The smallest absolute Gasteiger partial charge is 0.310 e. The van der Waals surface area contributed by atoms with Gasteiger partial charge in [-0.05, 0) is 6.92 Å². The molecule has 0 heterocycles. The Kier molecular flexibility index (Phi) is 3.52. The molecule has 0 saturated heterocycles. The molecule has 0 aliphatic carbocycles. The summed E-state index contributed by atoms with van der Waals surface area (Å²) in [5.41, 5.74) is 0. The van der Waals surface area contributed by atoms with Crippen LogP contribution in [-0.2, 0) is 4.79 Å². The fraction of sp³-hybridized carbons (Fsp3) is 0.571. The van der Waals surface area contributed by atoms with Gasteiger partial charge in [-0.1, -0.05) is 0 Å². The highest BCUT2D eigenvalue weighted by molar-refractivity contribution is 5.70. The molecule has 2 atom stereocenters. The lowest BCUT2D eigenvalue weighted by Gasteiger charge is -2.10. The predicted octanol–water partition coefficient (Wildman–Crippen LogP) is 0.0913. The van der Waals surface area contributed by atoms with Gasteiger partial charge in [-0.15, -0.1) is 12.3 Å².